The summed E-state index contributed by atoms with van der Waals surface area (Å²) < 4.78 is 18.8. The van der Waals surface area contributed by atoms with Crippen molar-refractivity contribution >= 4 is 10.6 Å². The van der Waals surface area contributed by atoms with Crippen LogP contribution in [-0.2, 0) is 0 Å². The van der Waals surface area contributed by atoms with Crippen molar-refractivity contribution in [1.29, 1.82) is 0 Å². The van der Waals surface area contributed by atoms with Crippen LogP contribution in [0, 0.1) is 6.42 Å². The van der Waals surface area contributed by atoms with Crippen LogP contribution in [0.4, 0.5) is 0 Å². The smallest absolute Gasteiger partial charge is 0.0638 e. The molecule has 0 amide bonds. The minimum atomic E-state index is -2.29. The maximum absolute atomic E-state index is 9.40. The maximum atomic E-state index is 9.40. The Hall–Kier alpha value is 0.230. The lowest BCUT2D eigenvalue weighted by Gasteiger charge is -2.43. The largest absolute Gasteiger partial charge is 0.313 e. The monoisotopic (exact) mass is 164 g/mol. The highest BCUT2D eigenvalue weighted by Crippen LogP contribution is 2.45. The van der Waals surface area contributed by atoms with Crippen LogP contribution in [0.15, 0.2) is 0 Å². The van der Waals surface area contributed by atoms with Gasteiger partial charge in [-0.1, -0.05) is 6.92 Å². The first-order valence-corrected chi connectivity index (χ1v) is 5.19. The Morgan fingerprint density at radius 1 is 1.60 bits per heavy atom. The van der Waals surface area contributed by atoms with Gasteiger partial charge in [0.05, 0.1) is 11.0 Å². The molecule has 0 aliphatic carbocycles. The lowest BCUT2D eigenvalue weighted by Crippen LogP contribution is -2.40. The molecule has 1 radical (unpaired) electrons. The Balaban J connectivity index is 2.51. The van der Waals surface area contributed by atoms with E-state index in [-0.39, 0.29) is 5.25 Å². The fourth-order valence-electron chi connectivity index (χ4n) is 1.09. The minimum Gasteiger partial charge on any atom is -0.313 e. The SMILES string of the molecule is C[CH]C1CNCCS1(O)O. The molecule has 0 aromatic rings. The zero-order chi connectivity index (χ0) is 7.61. The van der Waals surface area contributed by atoms with E-state index in [0.29, 0.717) is 12.3 Å². The van der Waals surface area contributed by atoms with E-state index in [9.17, 15) is 9.11 Å². The predicted octanol–water partition coefficient (Wildman–Crippen LogP) is 0.933. The summed E-state index contributed by atoms with van der Waals surface area (Å²) in [6.07, 6.45) is 1.86. The van der Waals surface area contributed by atoms with Crippen LogP contribution in [0.25, 0.3) is 0 Å². The van der Waals surface area contributed by atoms with Crippen molar-refractivity contribution < 1.29 is 9.11 Å². The molecule has 1 fully saturated rings. The van der Waals surface area contributed by atoms with E-state index in [1.807, 2.05) is 13.3 Å². The van der Waals surface area contributed by atoms with Crippen molar-refractivity contribution in [3.05, 3.63) is 6.42 Å². The third kappa shape index (κ3) is 1.63. The average molecular weight is 164 g/mol. The lowest BCUT2D eigenvalue weighted by atomic mass is 10.3. The van der Waals surface area contributed by atoms with Gasteiger partial charge in [-0.2, -0.15) is 10.6 Å². The predicted molar refractivity (Wildman–Crippen MR) is 44.3 cm³/mol. The van der Waals surface area contributed by atoms with Gasteiger partial charge in [0.15, 0.2) is 0 Å². The van der Waals surface area contributed by atoms with E-state index in [0.717, 1.165) is 6.54 Å². The molecule has 0 bridgehead atoms. The summed E-state index contributed by atoms with van der Waals surface area (Å²) in [4.78, 5) is 0. The van der Waals surface area contributed by atoms with Gasteiger partial charge < -0.3 is 5.32 Å². The summed E-state index contributed by atoms with van der Waals surface area (Å²) in [5.74, 6) is 0.502. The van der Waals surface area contributed by atoms with Crippen molar-refractivity contribution in [3.63, 3.8) is 0 Å². The second-order valence-electron chi connectivity index (χ2n) is 2.50. The fraction of sp³-hybridized carbons (Fsp3) is 0.833. The van der Waals surface area contributed by atoms with Crippen LogP contribution in [0.3, 0.4) is 0 Å². The molecule has 1 rings (SSSR count). The van der Waals surface area contributed by atoms with E-state index in [1.54, 1.807) is 0 Å². The molecular weight excluding hydrogens is 150 g/mol. The Bertz CT molecular complexity index is 118. The number of rotatable bonds is 1. The van der Waals surface area contributed by atoms with Gasteiger partial charge in [0.2, 0.25) is 0 Å². The van der Waals surface area contributed by atoms with Gasteiger partial charge in [-0.25, -0.2) is 0 Å². The Labute approximate surface area is 63.2 Å². The molecule has 0 saturated carbocycles. The zero-order valence-electron chi connectivity index (χ0n) is 6.08. The first-order valence-electron chi connectivity index (χ1n) is 3.42. The molecule has 0 aromatic carbocycles. The van der Waals surface area contributed by atoms with E-state index >= 15 is 0 Å². The molecule has 3 N–H and O–H groups in total. The van der Waals surface area contributed by atoms with E-state index in [4.69, 9.17) is 0 Å². The first kappa shape index (κ1) is 8.33. The van der Waals surface area contributed by atoms with Crippen molar-refractivity contribution in [2.24, 2.45) is 0 Å². The molecule has 1 aliphatic rings. The van der Waals surface area contributed by atoms with Gasteiger partial charge in [-0.3, -0.25) is 9.11 Å². The van der Waals surface area contributed by atoms with Crippen LogP contribution in [0.5, 0.6) is 0 Å². The molecule has 1 aliphatic heterocycles. The quantitative estimate of drug-likeness (QED) is 0.540. The van der Waals surface area contributed by atoms with E-state index < -0.39 is 10.6 Å². The van der Waals surface area contributed by atoms with Crippen molar-refractivity contribution in [2.45, 2.75) is 12.2 Å². The molecule has 1 saturated heterocycles. The van der Waals surface area contributed by atoms with Crippen molar-refractivity contribution in [2.75, 3.05) is 18.8 Å². The molecule has 0 aromatic heterocycles. The van der Waals surface area contributed by atoms with Gasteiger partial charge >= 0.3 is 0 Å². The van der Waals surface area contributed by atoms with Gasteiger partial charge in [-0.15, -0.1) is 0 Å². The standard InChI is InChI=1S/C6H14NO2S/c1-2-6-5-7-3-4-10(6,8)9/h2,6-9H,3-5H2,1H3. The third-order valence-corrected chi connectivity index (χ3v) is 3.99. The minimum absolute atomic E-state index is 0.0405. The maximum Gasteiger partial charge on any atom is 0.0638 e. The van der Waals surface area contributed by atoms with Crippen LogP contribution >= 0.6 is 10.6 Å². The molecule has 4 heteroatoms. The van der Waals surface area contributed by atoms with Gasteiger partial charge in [0.1, 0.15) is 0 Å². The molecule has 1 atom stereocenters. The summed E-state index contributed by atoms with van der Waals surface area (Å²) >= 11 is 0. The normalized spacial score (nSPS) is 35.3. The fourth-order valence-corrected chi connectivity index (χ4v) is 2.66. The summed E-state index contributed by atoms with van der Waals surface area (Å²) in [5.41, 5.74) is 0. The third-order valence-electron chi connectivity index (χ3n) is 1.78. The van der Waals surface area contributed by atoms with Gasteiger partial charge in [0, 0.05) is 13.1 Å². The lowest BCUT2D eigenvalue weighted by molar-refractivity contribution is 0.456. The summed E-state index contributed by atoms with van der Waals surface area (Å²) in [5, 5.41) is 3.07. The number of nitrogens with one attached hydrogen (secondary N) is 1. The molecule has 61 valence electrons. The Kier molecular flexibility index (Phi) is 2.57. The first-order chi connectivity index (χ1) is 4.67. The van der Waals surface area contributed by atoms with Crippen LogP contribution in [0.2, 0.25) is 0 Å². The van der Waals surface area contributed by atoms with Crippen molar-refractivity contribution in [1.82, 2.24) is 5.32 Å². The van der Waals surface area contributed by atoms with Crippen molar-refractivity contribution in [3.8, 4) is 0 Å². The van der Waals surface area contributed by atoms with Gasteiger partial charge in [0.25, 0.3) is 0 Å². The second kappa shape index (κ2) is 3.09. The average Bonchev–Trinajstić information content (AvgIpc) is 1.87. The molecular formula is C6H14NO2S. The molecule has 10 heavy (non-hydrogen) atoms. The highest BCUT2D eigenvalue weighted by atomic mass is 32.3. The summed E-state index contributed by atoms with van der Waals surface area (Å²) in [7, 11) is -2.29. The Morgan fingerprint density at radius 2 is 2.30 bits per heavy atom. The molecule has 1 unspecified atom stereocenters. The van der Waals surface area contributed by atoms with Crippen LogP contribution < -0.4 is 5.32 Å². The number of hydrogen-bond acceptors (Lipinski definition) is 3. The second-order valence-corrected chi connectivity index (χ2v) is 4.95. The molecule has 0 spiro atoms. The molecule has 3 nitrogen and oxygen atoms in total. The summed E-state index contributed by atoms with van der Waals surface area (Å²) in [6.45, 7) is 3.30. The number of hydrogen-bond donors (Lipinski definition) is 3. The zero-order valence-corrected chi connectivity index (χ0v) is 6.90. The van der Waals surface area contributed by atoms with Crippen LogP contribution in [-0.4, -0.2) is 33.2 Å². The highest BCUT2D eigenvalue weighted by Gasteiger charge is 2.26. The Morgan fingerprint density at radius 3 is 2.70 bits per heavy atom. The van der Waals surface area contributed by atoms with Crippen LogP contribution in [0.1, 0.15) is 6.92 Å². The highest BCUT2D eigenvalue weighted by molar-refractivity contribution is 8.25. The van der Waals surface area contributed by atoms with E-state index in [1.165, 1.54) is 0 Å². The topological polar surface area (TPSA) is 52.5 Å². The van der Waals surface area contributed by atoms with E-state index in [2.05, 4.69) is 5.32 Å². The van der Waals surface area contributed by atoms with Gasteiger partial charge in [-0.05, 0) is 6.42 Å². The summed E-state index contributed by atoms with van der Waals surface area (Å²) in [6, 6.07) is 0. The molecule has 1 heterocycles.